The Labute approximate surface area is 196 Å². The highest BCUT2D eigenvalue weighted by Gasteiger charge is 2.43. The molecule has 0 spiro atoms. The van der Waals surface area contributed by atoms with Crippen molar-refractivity contribution in [2.24, 2.45) is 5.92 Å². The lowest BCUT2D eigenvalue weighted by Gasteiger charge is -2.21. The minimum absolute atomic E-state index is 0.138. The number of ether oxygens (including phenoxy) is 3. The van der Waals surface area contributed by atoms with E-state index < -0.39 is 24.1 Å². The van der Waals surface area contributed by atoms with Crippen LogP contribution in [0.25, 0.3) is 6.08 Å². The molecule has 0 aliphatic carbocycles. The number of ketones is 1. The normalized spacial score (nSPS) is 28.5. The number of benzene rings is 1. The van der Waals surface area contributed by atoms with Crippen LogP contribution in [0.15, 0.2) is 30.4 Å². The molecule has 0 aromatic heterocycles. The molecule has 0 amide bonds. The minimum Gasteiger partial charge on any atom is -0.458 e. The number of hydrogen-bond acceptors (Lipinski definition) is 6. The summed E-state index contributed by atoms with van der Waals surface area (Å²) in [6.45, 7) is 9.42. The van der Waals surface area contributed by atoms with E-state index in [4.69, 9.17) is 14.2 Å². The molecule has 33 heavy (non-hydrogen) atoms. The van der Waals surface area contributed by atoms with Gasteiger partial charge in [0.1, 0.15) is 12.2 Å². The number of cyclic esters (lactones) is 1. The summed E-state index contributed by atoms with van der Waals surface area (Å²) in [5.74, 6) is -1.52. The number of esters is 1. The van der Waals surface area contributed by atoms with Gasteiger partial charge in [0, 0.05) is 12.5 Å². The molecule has 2 aliphatic heterocycles. The predicted octanol–water partition coefficient (Wildman–Crippen LogP) is 4.55. The maximum atomic E-state index is 13.2. The largest absolute Gasteiger partial charge is 0.458 e. The van der Waals surface area contributed by atoms with Crippen LogP contribution in [0.1, 0.15) is 74.0 Å². The molecule has 6 nitrogen and oxygen atoms in total. The first-order valence-corrected chi connectivity index (χ1v) is 11.8. The van der Waals surface area contributed by atoms with E-state index in [1.807, 2.05) is 58.9 Å². The maximum Gasteiger partial charge on any atom is 0.339 e. The molecular weight excluding hydrogens is 420 g/mol. The van der Waals surface area contributed by atoms with Gasteiger partial charge in [-0.15, -0.1) is 0 Å². The highest BCUT2D eigenvalue weighted by Crippen LogP contribution is 2.32. The third-order valence-electron chi connectivity index (χ3n) is 6.32. The monoisotopic (exact) mass is 456 g/mol. The third-order valence-corrected chi connectivity index (χ3v) is 6.32. The number of carbonyl (C=O) groups excluding carboxylic acids is 2. The zero-order valence-corrected chi connectivity index (χ0v) is 20.3. The second kappa shape index (κ2) is 10.8. The van der Waals surface area contributed by atoms with E-state index in [0.717, 1.165) is 29.5 Å². The standard InChI is InChI=1S/C27H36O6/c1-17-13-15-22(29)25-23(32-27(4,5)33-25)11-8-10-21-20(9-6-7-16-28)14-12-18(2)24(21)26(30)31-19(17)3/h8,10,12-15,17,19,23,25,28H,6-7,9,11,16H2,1-5H3/b10-8?,15-13-/t17-,19+,23+,25-/m1/s1. The lowest BCUT2D eigenvalue weighted by atomic mass is 9.92. The molecule has 0 unspecified atom stereocenters. The van der Waals surface area contributed by atoms with Gasteiger partial charge in [0.15, 0.2) is 11.6 Å². The average Bonchev–Trinajstić information content (AvgIpc) is 3.07. The number of unbranched alkanes of at least 4 members (excludes halogenated alkanes) is 1. The van der Waals surface area contributed by atoms with Crippen LogP contribution in [0.5, 0.6) is 0 Å². The van der Waals surface area contributed by atoms with Gasteiger partial charge in [-0.3, -0.25) is 4.79 Å². The van der Waals surface area contributed by atoms with Gasteiger partial charge in [-0.1, -0.05) is 37.3 Å². The molecule has 1 aromatic carbocycles. The van der Waals surface area contributed by atoms with Gasteiger partial charge in [-0.25, -0.2) is 4.79 Å². The number of hydrogen-bond donors (Lipinski definition) is 1. The molecule has 2 aliphatic rings. The quantitative estimate of drug-likeness (QED) is 0.529. The van der Waals surface area contributed by atoms with E-state index >= 15 is 0 Å². The topological polar surface area (TPSA) is 82.1 Å². The fourth-order valence-corrected chi connectivity index (χ4v) is 4.28. The molecule has 1 N–H and O–H groups in total. The summed E-state index contributed by atoms with van der Waals surface area (Å²) in [5.41, 5.74) is 3.26. The lowest BCUT2D eigenvalue weighted by Crippen LogP contribution is -2.30. The minimum atomic E-state index is -0.845. The molecule has 1 fully saturated rings. The molecule has 180 valence electrons. The molecule has 3 rings (SSSR count). The highest BCUT2D eigenvalue weighted by molar-refractivity contribution is 5.96. The van der Waals surface area contributed by atoms with Gasteiger partial charge >= 0.3 is 5.97 Å². The Morgan fingerprint density at radius 1 is 1.09 bits per heavy atom. The SMILES string of the molecule is Cc1ccc(CCCCO)c2c1C(=O)O[C@@H](C)[C@H](C)/C=C\C(=O)[C@H]1OC(C)(C)O[C@H]1CC=C2. The molecule has 1 saturated heterocycles. The summed E-state index contributed by atoms with van der Waals surface area (Å²) >= 11 is 0. The van der Waals surface area contributed by atoms with E-state index in [2.05, 4.69) is 0 Å². The van der Waals surface area contributed by atoms with Crippen molar-refractivity contribution >= 4 is 17.8 Å². The van der Waals surface area contributed by atoms with Gasteiger partial charge in [-0.2, -0.15) is 0 Å². The van der Waals surface area contributed by atoms with Crippen LogP contribution in [-0.4, -0.2) is 47.6 Å². The lowest BCUT2D eigenvalue weighted by molar-refractivity contribution is -0.152. The van der Waals surface area contributed by atoms with Gasteiger partial charge < -0.3 is 19.3 Å². The van der Waals surface area contributed by atoms with Crippen molar-refractivity contribution < 1.29 is 28.9 Å². The Kier molecular flexibility index (Phi) is 8.27. The summed E-state index contributed by atoms with van der Waals surface area (Å²) < 4.78 is 17.8. The summed E-state index contributed by atoms with van der Waals surface area (Å²) in [5, 5.41) is 9.18. The first-order valence-electron chi connectivity index (χ1n) is 11.8. The molecule has 2 heterocycles. The van der Waals surface area contributed by atoms with Crippen LogP contribution in [0.3, 0.4) is 0 Å². The fourth-order valence-electron chi connectivity index (χ4n) is 4.28. The third kappa shape index (κ3) is 6.19. The Balaban J connectivity index is 2.04. The van der Waals surface area contributed by atoms with Crippen LogP contribution >= 0.6 is 0 Å². The first kappa shape index (κ1) is 25.3. The Morgan fingerprint density at radius 3 is 2.58 bits per heavy atom. The van der Waals surface area contributed by atoms with Crippen LogP contribution in [0.4, 0.5) is 0 Å². The van der Waals surface area contributed by atoms with Crippen LogP contribution in [-0.2, 0) is 25.4 Å². The summed E-state index contributed by atoms with van der Waals surface area (Å²) in [4.78, 5) is 26.1. The first-order chi connectivity index (χ1) is 15.6. The summed E-state index contributed by atoms with van der Waals surface area (Å²) in [6, 6.07) is 3.98. The second-order valence-corrected chi connectivity index (χ2v) is 9.47. The Hall–Kier alpha value is -2.28. The fraction of sp³-hybridized carbons (Fsp3) is 0.556. The molecule has 6 heteroatoms. The van der Waals surface area contributed by atoms with Gasteiger partial charge in [0.05, 0.1) is 11.7 Å². The molecule has 0 radical (unpaired) electrons. The van der Waals surface area contributed by atoms with Crippen molar-refractivity contribution in [3.05, 3.63) is 52.6 Å². The van der Waals surface area contributed by atoms with E-state index in [0.29, 0.717) is 18.4 Å². The molecule has 0 saturated carbocycles. The number of rotatable bonds is 4. The molecule has 1 aromatic rings. The van der Waals surface area contributed by atoms with Crippen LogP contribution < -0.4 is 0 Å². The predicted molar refractivity (Wildman–Crippen MR) is 127 cm³/mol. The van der Waals surface area contributed by atoms with Crippen molar-refractivity contribution in [1.82, 2.24) is 0 Å². The van der Waals surface area contributed by atoms with Crippen LogP contribution in [0.2, 0.25) is 0 Å². The average molecular weight is 457 g/mol. The second-order valence-electron chi connectivity index (χ2n) is 9.47. The molecule has 4 atom stereocenters. The van der Waals surface area contributed by atoms with Gasteiger partial charge in [-0.05, 0) is 76.1 Å². The van der Waals surface area contributed by atoms with Gasteiger partial charge in [0.2, 0.25) is 0 Å². The maximum absolute atomic E-state index is 13.2. The number of aryl methyl sites for hydroxylation is 2. The van der Waals surface area contributed by atoms with E-state index in [1.165, 1.54) is 6.08 Å². The zero-order valence-electron chi connectivity index (χ0n) is 20.3. The Morgan fingerprint density at radius 2 is 1.85 bits per heavy atom. The van der Waals surface area contributed by atoms with E-state index in [-0.39, 0.29) is 24.3 Å². The molecular formula is C27H36O6. The van der Waals surface area contributed by atoms with Crippen LogP contribution in [0, 0.1) is 12.8 Å². The summed E-state index contributed by atoms with van der Waals surface area (Å²) in [6.07, 6.45) is 8.38. The number of aliphatic hydroxyl groups is 1. The van der Waals surface area contributed by atoms with E-state index in [9.17, 15) is 14.7 Å². The van der Waals surface area contributed by atoms with Crippen molar-refractivity contribution in [1.29, 1.82) is 0 Å². The molecule has 0 bridgehead atoms. The number of fused-ring (bicyclic) bond motifs is 2. The smallest absolute Gasteiger partial charge is 0.339 e. The van der Waals surface area contributed by atoms with E-state index in [1.54, 1.807) is 6.08 Å². The zero-order chi connectivity index (χ0) is 24.2. The number of aliphatic hydroxyl groups excluding tert-OH is 1. The van der Waals surface area contributed by atoms with Crippen molar-refractivity contribution in [2.75, 3.05) is 6.61 Å². The Bertz CT molecular complexity index is 929. The number of carbonyl (C=O) groups is 2. The van der Waals surface area contributed by atoms with Crippen molar-refractivity contribution in [2.45, 2.75) is 84.4 Å². The highest BCUT2D eigenvalue weighted by atomic mass is 16.8. The van der Waals surface area contributed by atoms with Crippen molar-refractivity contribution in [3.63, 3.8) is 0 Å². The summed E-state index contributed by atoms with van der Waals surface area (Å²) in [7, 11) is 0. The van der Waals surface area contributed by atoms with Crippen molar-refractivity contribution in [3.8, 4) is 0 Å². The van der Waals surface area contributed by atoms with Gasteiger partial charge in [0.25, 0.3) is 0 Å².